The summed E-state index contributed by atoms with van der Waals surface area (Å²) in [5.74, 6) is -0.215. The topological polar surface area (TPSA) is 53.5 Å². The van der Waals surface area contributed by atoms with Gasteiger partial charge in [0.15, 0.2) is 0 Å². The number of hydrogen-bond acceptors (Lipinski definition) is 4. The molecule has 1 aromatic heterocycles. The number of amides is 2. The number of thiazole rings is 1. The molecule has 0 N–H and O–H groups in total. The largest absolute Gasteiger partial charge is 0.328 e. The third-order valence-electron chi connectivity index (χ3n) is 4.10. The minimum Gasteiger partial charge on any atom is -0.328 e. The molecule has 1 atom stereocenters. The Kier molecular flexibility index (Phi) is 4.43. The van der Waals surface area contributed by atoms with Crippen LogP contribution in [0.5, 0.6) is 0 Å². The van der Waals surface area contributed by atoms with Crippen LogP contribution in [0, 0.1) is 6.92 Å². The van der Waals surface area contributed by atoms with Crippen LogP contribution in [0.25, 0.3) is 0 Å². The van der Waals surface area contributed by atoms with Gasteiger partial charge in [-0.2, -0.15) is 0 Å². The van der Waals surface area contributed by atoms with Gasteiger partial charge in [0.05, 0.1) is 5.01 Å². The first kappa shape index (κ1) is 15.7. The predicted molar refractivity (Wildman–Crippen MR) is 90.8 cm³/mol. The van der Waals surface area contributed by atoms with E-state index in [-0.39, 0.29) is 11.8 Å². The average Bonchev–Trinajstić information content (AvgIpc) is 3.01. The Labute approximate surface area is 139 Å². The van der Waals surface area contributed by atoms with E-state index in [0.29, 0.717) is 18.7 Å². The van der Waals surface area contributed by atoms with Crippen LogP contribution in [0.15, 0.2) is 35.7 Å². The zero-order chi connectivity index (χ0) is 16.4. The molecule has 23 heavy (non-hydrogen) atoms. The molecule has 0 spiro atoms. The van der Waals surface area contributed by atoms with Crippen LogP contribution >= 0.6 is 11.3 Å². The highest BCUT2D eigenvalue weighted by Crippen LogP contribution is 2.24. The molecule has 2 aromatic rings. The van der Waals surface area contributed by atoms with E-state index in [4.69, 9.17) is 0 Å². The first-order chi connectivity index (χ1) is 11.1. The zero-order valence-electron chi connectivity index (χ0n) is 13.2. The number of hydrogen-bond donors (Lipinski definition) is 0. The summed E-state index contributed by atoms with van der Waals surface area (Å²) < 4.78 is 0. The summed E-state index contributed by atoms with van der Waals surface area (Å²) in [5, 5.41) is 2.60. The second-order valence-electron chi connectivity index (χ2n) is 5.65. The summed E-state index contributed by atoms with van der Waals surface area (Å²) in [6.45, 7) is 2.56. The Morgan fingerprint density at radius 2 is 2.09 bits per heavy atom. The highest BCUT2D eigenvalue weighted by atomic mass is 32.1. The van der Waals surface area contributed by atoms with Crippen LogP contribution in [0.4, 0.5) is 5.69 Å². The molecular weight excluding hydrogens is 310 g/mol. The van der Waals surface area contributed by atoms with Crippen molar-refractivity contribution >= 4 is 28.8 Å². The van der Waals surface area contributed by atoms with E-state index < -0.39 is 6.04 Å². The van der Waals surface area contributed by atoms with E-state index in [1.165, 1.54) is 16.2 Å². The number of piperidine rings is 1. The number of aromatic nitrogens is 1. The quantitative estimate of drug-likeness (QED) is 0.870. The smallest absolute Gasteiger partial charge is 0.273 e. The molecule has 0 radical (unpaired) electrons. The Bertz CT molecular complexity index is 714. The number of benzene rings is 1. The van der Waals surface area contributed by atoms with Gasteiger partial charge < -0.3 is 9.80 Å². The SMILES string of the molecule is Cc1nc(C(=O)N(C)C2CCCN(c3ccccc3)C2=O)cs1. The third kappa shape index (κ3) is 3.12. The second-order valence-corrected chi connectivity index (χ2v) is 6.71. The Morgan fingerprint density at radius 3 is 2.74 bits per heavy atom. The summed E-state index contributed by atoms with van der Waals surface area (Å²) >= 11 is 1.44. The van der Waals surface area contributed by atoms with Gasteiger partial charge in [-0.1, -0.05) is 18.2 Å². The van der Waals surface area contributed by atoms with Crippen molar-refractivity contribution in [3.05, 3.63) is 46.4 Å². The summed E-state index contributed by atoms with van der Waals surface area (Å²) in [6, 6.07) is 9.17. The van der Waals surface area contributed by atoms with Crippen molar-refractivity contribution in [1.29, 1.82) is 0 Å². The third-order valence-corrected chi connectivity index (χ3v) is 4.88. The van der Waals surface area contributed by atoms with Gasteiger partial charge in [-0.25, -0.2) is 4.98 Å². The molecule has 1 aromatic carbocycles. The van der Waals surface area contributed by atoms with Crippen molar-refractivity contribution in [3.63, 3.8) is 0 Å². The fourth-order valence-corrected chi connectivity index (χ4v) is 3.45. The van der Waals surface area contributed by atoms with E-state index >= 15 is 0 Å². The lowest BCUT2D eigenvalue weighted by Crippen LogP contribution is -2.53. The lowest BCUT2D eigenvalue weighted by Gasteiger charge is -2.36. The number of carbonyl (C=O) groups is 2. The lowest BCUT2D eigenvalue weighted by atomic mass is 10.0. The minimum atomic E-state index is -0.432. The Morgan fingerprint density at radius 1 is 1.35 bits per heavy atom. The van der Waals surface area contributed by atoms with E-state index in [1.807, 2.05) is 37.3 Å². The van der Waals surface area contributed by atoms with Gasteiger partial charge in [0.1, 0.15) is 11.7 Å². The molecule has 5 nitrogen and oxygen atoms in total. The van der Waals surface area contributed by atoms with Gasteiger partial charge in [0, 0.05) is 24.7 Å². The van der Waals surface area contributed by atoms with Crippen LogP contribution < -0.4 is 4.90 Å². The van der Waals surface area contributed by atoms with Gasteiger partial charge in [-0.05, 0) is 31.9 Å². The molecule has 1 unspecified atom stereocenters. The number of aryl methyl sites for hydroxylation is 1. The highest BCUT2D eigenvalue weighted by molar-refractivity contribution is 7.09. The van der Waals surface area contributed by atoms with Crippen molar-refractivity contribution in [2.45, 2.75) is 25.8 Å². The van der Waals surface area contributed by atoms with Gasteiger partial charge in [-0.3, -0.25) is 9.59 Å². The molecule has 6 heteroatoms. The molecule has 2 heterocycles. The number of rotatable bonds is 3. The molecular formula is C17H19N3O2S. The number of carbonyl (C=O) groups excluding carboxylic acids is 2. The fraction of sp³-hybridized carbons (Fsp3) is 0.353. The first-order valence-corrected chi connectivity index (χ1v) is 8.51. The summed E-state index contributed by atoms with van der Waals surface area (Å²) in [7, 11) is 1.69. The second kappa shape index (κ2) is 6.50. The average molecular weight is 329 g/mol. The van der Waals surface area contributed by atoms with Crippen LogP contribution in [0.1, 0.15) is 28.3 Å². The van der Waals surface area contributed by atoms with Gasteiger partial charge in [-0.15, -0.1) is 11.3 Å². The van der Waals surface area contributed by atoms with Crippen molar-refractivity contribution in [3.8, 4) is 0 Å². The molecule has 1 aliphatic rings. The normalized spacial score (nSPS) is 18.1. The molecule has 1 aliphatic heterocycles. The maximum atomic E-state index is 12.8. The molecule has 1 fully saturated rings. The van der Waals surface area contributed by atoms with E-state index in [0.717, 1.165) is 17.1 Å². The van der Waals surface area contributed by atoms with E-state index in [9.17, 15) is 9.59 Å². The number of nitrogens with zero attached hydrogens (tertiary/aromatic N) is 3. The maximum Gasteiger partial charge on any atom is 0.273 e. The summed E-state index contributed by atoms with van der Waals surface area (Å²) in [6.07, 6.45) is 1.56. The van der Waals surface area contributed by atoms with Crippen molar-refractivity contribution < 1.29 is 9.59 Å². The van der Waals surface area contributed by atoms with Crippen molar-refractivity contribution in [2.24, 2.45) is 0 Å². The lowest BCUT2D eigenvalue weighted by molar-refractivity contribution is -0.124. The number of anilines is 1. The molecule has 1 saturated heterocycles. The van der Waals surface area contributed by atoms with Crippen LogP contribution in [-0.2, 0) is 4.79 Å². The van der Waals surface area contributed by atoms with Crippen LogP contribution in [-0.4, -0.2) is 41.3 Å². The summed E-state index contributed by atoms with van der Waals surface area (Å²) in [4.78, 5) is 32.9. The summed E-state index contributed by atoms with van der Waals surface area (Å²) in [5.41, 5.74) is 1.30. The van der Waals surface area contributed by atoms with Crippen molar-refractivity contribution in [2.75, 3.05) is 18.5 Å². The van der Waals surface area contributed by atoms with Crippen LogP contribution in [0.2, 0.25) is 0 Å². The standard InChI is InChI=1S/C17H19N3O2S/c1-12-18-14(11-23-12)16(21)19(2)15-9-6-10-20(17(15)22)13-7-4-3-5-8-13/h3-5,7-8,11,15H,6,9-10H2,1-2H3. The maximum absolute atomic E-state index is 12.8. The Balaban J connectivity index is 1.79. The molecule has 0 saturated carbocycles. The predicted octanol–water partition coefficient (Wildman–Crippen LogP) is 2.72. The van der Waals surface area contributed by atoms with Crippen LogP contribution in [0.3, 0.4) is 0 Å². The van der Waals surface area contributed by atoms with E-state index in [2.05, 4.69) is 4.98 Å². The Hall–Kier alpha value is -2.21. The van der Waals surface area contributed by atoms with Gasteiger partial charge in [0.2, 0.25) is 5.91 Å². The van der Waals surface area contributed by atoms with E-state index in [1.54, 1.807) is 17.3 Å². The molecule has 0 bridgehead atoms. The zero-order valence-corrected chi connectivity index (χ0v) is 14.0. The first-order valence-electron chi connectivity index (χ1n) is 7.63. The highest BCUT2D eigenvalue weighted by Gasteiger charge is 2.35. The van der Waals surface area contributed by atoms with Gasteiger partial charge in [0.25, 0.3) is 5.91 Å². The minimum absolute atomic E-state index is 0.0229. The monoisotopic (exact) mass is 329 g/mol. The number of para-hydroxylation sites is 1. The number of likely N-dealkylation sites (N-methyl/N-ethyl adjacent to an activating group) is 1. The molecule has 120 valence electrons. The van der Waals surface area contributed by atoms with Crippen molar-refractivity contribution in [1.82, 2.24) is 9.88 Å². The molecule has 3 rings (SSSR count). The van der Waals surface area contributed by atoms with Gasteiger partial charge >= 0.3 is 0 Å². The molecule has 2 amide bonds. The fourth-order valence-electron chi connectivity index (χ4n) is 2.86. The molecule has 0 aliphatic carbocycles.